The van der Waals surface area contributed by atoms with E-state index >= 15 is 0 Å². The number of H-pyrrole nitrogens is 1. The molecule has 2 heterocycles. The van der Waals surface area contributed by atoms with Crippen molar-refractivity contribution in [2.45, 2.75) is 50.3 Å². The van der Waals surface area contributed by atoms with Crippen molar-refractivity contribution in [2.24, 2.45) is 0 Å². The maximum absolute atomic E-state index is 13.0. The quantitative estimate of drug-likeness (QED) is 0.260. The van der Waals surface area contributed by atoms with Crippen LogP contribution in [0, 0.1) is 4.77 Å². The predicted octanol–water partition coefficient (Wildman–Crippen LogP) is 5.79. The second-order valence-electron chi connectivity index (χ2n) is 9.16. The Morgan fingerprint density at radius 3 is 2.61 bits per heavy atom. The number of para-hydroxylation sites is 1. The summed E-state index contributed by atoms with van der Waals surface area (Å²) in [5.41, 5.74) is -0.964. The van der Waals surface area contributed by atoms with Crippen molar-refractivity contribution in [2.75, 3.05) is 25.0 Å². The zero-order valence-electron chi connectivity index (χ0n) is 19.8. The summed E-state index contributed by atoms with van der Waals surface area (Å²) in [7, 11) is 0. The van der Waals surface area contributed by atoms with Gasteiger partial charge in [-0.25, -0.2) is 4.98 Å². The van der Waals surface area contributed by atoms with Crippen LogP contribution in [-0.4, -0.2) is 45.5 Å². The number of halogens is 3. The molecule has 1 fully saturated rings. The number of fused-ring (bicyclic) bond motifs is 1. The van der Waals surface area contributed by atoms with Crippen molar-refractivity contribution in [3.63, 3.8) is 0 Å². The number of likely N-dealkylation sites (tertiary alicyclic amines) is 1. The van der Waals surface area contributed by atoms with E-state index in [1.807, 2.05) is 24.3 Å². The van der Waals surface area contributed by atoms with E-state index in [0.717, 1.165) is 48.1 Å². The molecule has 2 aromatic carbocycles. The monoisotopic (exact) mass is 518 g/mol. The number of alkyl halides is 3. The molecule has 0 unspecified atom stereocenters. The minimum Gasteiger partial charge on any atom is -0.385 e. The molecule has 3 aromatic rings. The summed E-state index contributed by atoms with van der Waals surface area (Å²) in [4.78, 5) is 21.8. The zero-order chi connectivity index (χ0) is 25.8. The molecule has 1 amide bonds. The second kappa shape index (κ2) is 11.0. The minimum atomic E-state index is -4.46. The molecule has 1 aliphatic heterocycles. The number of piperidine rings is 1. The van der Waals surface area contributed by atoms with Crippen molar-refractivity contribution in [3.05, 3.63) is 64.4 Å². The molecule has 3 N–H and O–H groups in total. The van der Waals surface area contributed by atoms with E-state index in [1.165, 1.54) is 12.1 Å². The molecular weight excluding hydrogens is 489 g/mol. The van der Waals surface area contributed by atoms with Crippen molar-refractivity contribution in [1.29, 1.82) is 0 Å². The van der Waals surface area contributed by atoms with Crippen molar-refractivity contribution >= 4 is 34.8 Å². The average Bonchev–Trinajstić information content (AvgIpc) is 2.86. The van der Waals surface area contributed by atoms with E-state index in [0.29, 0.717) is 30.8 Å². The summed E-state index contributed by atoms with van der Waals surface area (Å²) >= 11 is 5.19. The smallest absolute Gasteiger partial charge is 0.385 e. The number of aliphatic hydroxyl groups is 1. The van der Waals surface area contributed by atoms with Gasteiger partial charge in [-0.3, -0.25) is 4.79 Å². The Balaban J connectivity index is 1.20. The molecule has 1 aromatic heterocycles. The lowest BCUT2D eigenvalue weighted by Crippen LogP contribution is -2.45. The molecular formula is C26H29F3N4O2S. The van der Waals surface area contributed by atoms with Crippen molar-refractivity contribution < 1.29 is 23.1 Å². The Labute approximate surface area is 212 Å². The Morgan fingerprint density at radius 1 is 1.11 bits per heavy atom. The molecule has 6 nitrogen and oxygen atoms in total. The number of unbranched alkanes of at least 4 members (excludes halogenated alkanes) is 2. The van der Waals surface area contributed by atoms with E-state index in [4.69, 9.17) is 12.2 Å². The van der Waals surface area contributed by atoms with Crippen LogP contribution in [0.3, 0.4) is 0 Å². The number of carbonyl (C=O) groups is 1. The molecule has 0 radical (unpaired) electrons. The van der Waals surface area contributed by atoms with Gasteiger partial charge in [0.1, 0.15) is 5.82 Å². The Bertz CT molecular complexity index is 1270. The largest absolute Gasteiger partial charge is 0.416 e. The summed E-state index contributed by atoms with van der Waals surface area (Å²) in [5.74, 6) is 0.753. The van der Waals surface area contributed by atoms with Crippen LogP contribution < -0.4 is 5.32 Å². The third-order valence-electron chi connectivity index (χ3n) is 6.67. The number of aromatic nitrogens is 2. The van der Waals surface area contributed by atoms with Crippen LogP contribution in [-0.2, 0) is 16.6 Å². The van der Waals surface area contributed by atoms with Crippen LogP contribution in [0.4, 0.5) is 19.0 Å². The molecule has 0 atom stereocenters. The maximum Gasteiger partial charge on any atom is 0.416 e. The van der Waals surface area contributed by atoms with Crippen molar-refractivity contribution in [3.8, 4) is 0 Å². The van der Waals surface area contributed by atoms with E-state index in [9.17, 15) is 23.1 Å². The third-order valence-corrected chi connectivity index (χ3v) is 6.86. The average molecular weight is 519 g/mol. The lowest BCUT2D eigenvalue weighted by molar-refractivity contribution is -0.137. The van der Waals surface area contributed by atoms with Crippen LogP contribution >= 0.6 is 12.2 Å². The summed E-state index contributed by atoms with van der Waals surface area (Å²) in [6, 6.07) is 12.6. The molecule has 0 saturated carbocycles. The number of nitrogens with zero attached hydrogens (tertiary/aromatic N) is 2. The first kappa shape index (κ1) is 26.1. The number of hydrogen-bond acceptors (Lipinski definition) is 5. The summed E-state index contributed by atoms with van der Waals surface area (Å²) < 4.78 is 39.5. The van der Waals surface area contributed by atoms with Gasteiger partial charge in [0.25, 0.3) is 0 Å². The predicted molar refractivity (Wildman–Crippen MR) is 135 cm³/mol. The van der Waals surface area contributed by atoms with Gasteiger partial charge >= 0.3 is 6.18 Å². The number of hydrogen-bond donors (Lipinski definition) is 3. The Kier molecular flexibility index (Phi) is 7.94. The normalized spacial score (nSPS) is 15.7. The molecule has 1 saturated heterocycles. The highest BCUT2D eigenvalue weighted by molar-refractivity contribution is 7.71. The zero-order valence-corrected chi connectivity index (χ0v) is 20.6. The number of benzene rings is 2. The van der Waals surface area contributed by atoms with Gasteiger partial charge in [-0.2, -0.15) is 13.2 Å². The first-order valence-corrected chi connectivity index (χ1v) is 12.5. The van der Waals surface area contributed by atoms with Gasteiger partial charge < -0.3 is 20.3 Å². The van der Waals surface area contributed by atoms with Crippen LogP contribution in [0.15, 0.2) is 48.5 Å². The fourth-order valence-electron chi connectivity index (χ4n) is 4.58. The standard InChI is InChI=1S/C26H29F3N4O2S/c27-26(28,29)19-8-6-7-18(17-19)25(35)12-15-33(16-13-25)22(34)11-2-1-5-14-30-23-20-9-3-4-10-21(20)31-24(36)32-23/h3-4,6-10,17,35H,1-2,5,11-16H2,(H2,30,31,32,36). The number of carbonyl (C=O) groups excluding carboxylic acids is 1. The maximum atomic E-state index is 13.0. The topological polar surface area (TPSA) is 81.2 Å². The Morgan fingerprint density at radius 2 is 1.86 bits per heavy atom. The van der Waals surface area contributed by atoms with Gasteiger partial charge in [-0.15, -0.1) is 0 Å². The molecule has 1 aliphatic rings. The molecule has 192 valence electrons. The molecule has 10 heteroatoms. The lowest BCUT2D eigenvalue weighted by Gasteiger charge is -2.38. The minimum absolute atomic E-state index is 0.0102. The summed E-state index contributed by atoms with van der Waals surface area (Å²) in [5, 5.41) is 15.3. The SMILES string of the molecule is O=C(CCCCCNc1nc(=S)[nH]c2ccccc12)N1CCC(O)(c2cccc(C(F)(F)F)c2)CC1. The van der Waals surface area contributed by atoms with Gasteiger partial charge in [-0.1, -0.05) is 30.7 Å². The molecule has 0 aliphatic carbocycles. The Hall–Kier alpha value is -2.98. The van der Waals surface area contributed by atoms with E-state index in [2.05, 4.69) is 15.3 Å². The number of anilines is 1. The van der Waals surface area contributed by atoms with E-state index in [1.54, 1.807) is 4.90 Å². The molecule has 4 rings (SSSR count). The van der Waals surface area contributed by atoms with E-state index in [-0.39, 0.29) is 24.3 Å². The number of aromatic amines is 1. The fourth-order valence-corrected chi connectivity index (χ4v) is 4.78. The van der Waals surface area contributed by atoms with Crippen LogP contribution in [0.25, 0.3) is 10.9 Å². The third kappa shape index (κ3) is 6.22. The van der Waals surface area contributed by atoms with Crippen LogP contribution in [0.5, 0.6) is 0 Å². The molecule has 36 heavy (non-hydrogen) atoms. The fraction of sp³-hybridized carbons (Fsp3) is 0.423. The molecule has 0 spiro atoms. The van der Waals surface area contributed by atoms with E-state index < -0.39 is 17.3 Å². The highest BCUT2D eigenvalue weighted by atomic mass is 32.1. The van der Waals surface area contributed by atoms with Crippen LogP contribution in [0.1, 0.15) is 49.7 Å². The summed E-state index contributed by atoms with van der Waals surface area (Å²) in [6.07, 6.45) is -1.18. The summed E-state index contributed by atoms with van der Waals surface area (Å²) in [6.45, 7) is 1.35. The number of amides is 1. The van der Waals surface area contributed by atoms with Crippen molar-refractivity contribution in [1.82, 2.24) is 14.9 Å². The lowest BCUT2D eigenvalue weighted by atomic mass is 9.83. The first-order valence-electron chi connectivity index (χ1n) is 12.1. The number of nitrogens with one attached hydrogen (secondary N) is 2. The highest BCUT2D eigenvalue weighted by Gasteiger charge is 2.37. The second-order valence-corrected chi connectivity index (χ2v) is 9.55. The first-order chi connectivity index (χ1) is 17.2. The highest BCUT2D eigenvalue weighted by Crippen LogP contribution is 2.37. The van der Waals surface area contributed by atoms with Crippen LogP contribution in [0.2, 0.25) is 0 Å². The van der Waals surface area contributed by atoms with Gasteiger partial charge in [0.2, 0.25) is 5.91 Å². The number of rotatable bonds is 8. The van der Waals surface area contributed by atoms with Gasteiger partial charge in [0.15, 0.2) is 4.77 Å². The van der Waals surface area contributed by atoms with Gasteiger partial charge in [0, 0.05) is 31.4 Å². The van der Waals surface area contributed by atoms with Gasteiger partial charge in [-0.05, 0) is 67.7 Å². The molecule has 0 bridgehead atoms. The van der Waals surface area contributed by atoms with Gasteiger partial charge in [0.05, 0.1) is 16.7 Å².